The zero-order chi connectivity index (χ0) is 30.7. The molecule has 0 saturated carbocycles. The van der Waals surface area contributed by atoms with Gasteiger partial charge in [0.05, 0.1) is 12.4 Å². The molecule has 0 bridgehead atoms. The van der Waals surface area contributed by atoms with Crippen LogP contribution >= 0.6 is 11.8 Å². The molecule has 0 atom stereocenters. The third-order valence-electron chi connectivity index (χ3n) is 6.53. The van der Waals surface area contributed by atoms with Crippen LogP contribution in [0, 0.1) is 0 Å². The van der Waals surface area contributed by atoms with Crippen molar-refractivity contribution in [1.82, 2.24) is 5.32 Å². The Kier molecular flexibility index (Phi) is 10.1. The number of ether oxygens (including phenoxy) is 1. The van der Waals surface area contributed by atoms with Crippen molar-refractivity contribution < 1.29 is 19.1 Å². The van der Waals surface area contributed by atoms with Gasteiger partial charge in [-0.2, -0.15) is 0 Å². The molecule has 5 aromatic rings. The van der Waals surface area contributed by atoms with Crippen LogP contribution in [0.2, 0.25) is 0 Å². The van der Waals surface area contributed by atoms with Crippen LogP contribution in [0.3, 0.4) is 0 Å². The smallest absolute Gasteiger partial charge is 0.272 e. The van der Waals surface area contributed by atoms with E-state index in [2.05, 4.69) is 16.0 Å². The molecule has 5 rings (SSSR count). The number of hydrogen-bond donors (Lipinski definition) is 3. The highest BCUT2D eigenvalue weighted by molar-refractivity contribution is 8.00. The van der Waals surface area contributed by atoms with Crippen molar-refractivity contribution >= 4 is 57.7 Å². The van der Waals surface area contributed by atoms with E-state index >= 15 is 0 Å². The van der Waals surface area contributed by atoms with Gasteiger partial charge in [-0.1, -0.05) is 66.7 Å². The van der Waals surface area contributed by atoms with Gasteiger partial charge in [0, 0.05) is 21.8 Å². The van der Waals surface area contributed by atoms with Crippen LogP contribution in [0.25, 0.3) is 16.8 Å². The van der Waals surface area contributed by atoms with Gasteiger partial charge in [-0.15, -0.1) is 11.8 Å². The highest BCUT2D eigenvalue weighted by atomic mass is 32.2. The van der Waals surface area contributed by atoms with E-state index in [1.165, 1.54) is 11.8 Å². The molecule has 0 fully saturated rings. The second-order valence-corrected chi connectivity index (χ2v) is 10.8. The molecule has 44 heavy (non-hydrogen) atoms. The maximum absolute atomic E-state index is 13.4. The van der Waals surface area contributed by atoms with E-state index in [4.69, 9.17) is 4.74 Å². The number of benzene rings is 5. The summed E-state index contributed by atoms with van der Waals surface area (Å²) in [7, 11) is 0. The molecule has 5 aromatic carbocycles. The maximum Gasteiger partial charge on any atom is 0.272 e. The topological polar surface area (TPSA) is 96.5 Å². The van der Waals surface area contributed by atoms with E-state index in [1.807, 2.05) is 73.7 Å². The molecular weight excluding hydrogens is 570 g/mol. The standard InChI is InChI=1S/C36H31N3O4S/c1-2-43-31-19-15-25(16-20-31)21-33(39-35(41)27-10-4-3-5-11-27)36(42)38-29-13-8-14-32(23-29)44-24-34(40)37-30-18-17-26-9-6-7-12-28(26)22-30/h3-23H,2,24H2,1H3,(H,37,40)(H,38,42)(H,39,41)/b33-21+. The van der Waals surface area contributed by atoms with Gasteiger partial charge in [-0.05, 0) is 83.9 Å². The largest absolute Gasteiger partial charge is 0.494 e. The lowest BCUT2D eigenvalue weighted by Gasteiger charge is -2.12. The molecule has 0 spiro atoms. The van der Waals surface area contributed by atoms with Crippen molar-refractivity contribution in [3.05, 3.63) is 138 Å². The average Bonchev–Trinajstić information content (AvgIpc) is 3.05. The zero-order valence-corrected chi connectivity index (χ0v) is 24.9. The Balaban J connectivity index is 1.25. The number of rotatable bonds is 11. The summed E-state index contributed by atoms with van der Waals surface area (Å²) in [6.07, 6.45) is 1.61. The zero-order valence-electron chi connectivity index (χ0n) is 24.1. The van der Waals surface area contributed by atoms with Gasteiger partial charge in [0.2, 0.25) is 5.91 Å². The lowest BCUT2D eigenvalue weighted by Crippen LogP contribution is -2.30. The fourth-order valence-electron chi connectivity index (χ4n) is 4.41. The number of fused-ring (bicyclic) bond motifs is 1. The molecule has 0 aliphatic carbocycles. The SMILES string of the molecule is CCOc1ccc(/C=C(/NC(=O)c2ccccc2)C(=O)Nc2cccc(SCC(=O)Nc3ccc4ccccc4c3)c2)cc1. The number of nitrogens with one attached hydrogen (secondary N) is 3. The third-order valence-corrected chi connectivity index (χ3v) is 7.52. The summed E-state index contributed by atoms with van der Waals surface area (Å²) >= 11 is 1.36. The lowest BCUT2D eigenvalue weighted by molar-refractivity contribution is -0.114. The van der Waals surface area contributed by atoms with Crippen LogP contribution in [-0.4, -0.2) is 30.1 Å². The summed E-state index contributed by atoms with van der Waals surface area (Å²) in [4.78, 5) is 39.9. The van der Waals surface area contributed by atoms with E-state index in [1.54, 1.807) is 60.7 Å². The normalized spacial score (nSPS) is 11.1. The summed E-state index contributed by atoms with van der Waals surface area (Å²) < 4.78 is 5.51. The molecule has 0 saturated heterocycles. The van der Waals surface area contributed by atoms with Crippen LogP contribution < -0.4 is 20.7 Å². The van der Waals surface area contributed by atoms with Gasteiger partial charge in [0.1, 0.15) is 11.4 Å². The Labute approximate surface area is 260 Å². The Bertz CT molecular complexity index is 1800. The molecule has 0 radical (unpaired) electrons. The molecule has 220 valence electrons. The molecule has 3 N–H and O–H groups in total. The van der Waals surface area contributed by atoms with Crippen molar-refractivity contribution in [1.29, 1.82) is 0 Å². The first-order chi connectivity index (χ1) is 21.5. The third kappa shape index (κ3) is 8.36. The molecule has 0 heterocycles. The Morgan fingerprint density at radius 1 is 0.727 bits per heavy atom. The minimum Gasteiger partial charge on any atom is -0.494 e. The van der Waals surface area contributed by atoms with Gasteiger partial charge >= 0.3 is 0 Å². The molecule has 3 amide bonds. The van der Waals surface area contributed by atoms with Crippen molar-refractivity contribution in [3.63, 3.8) is 0 Å². The Morgan fingerprint density at radius 3 is 2.23 bits per heavy atom. The number of carbonyl (C=O) groups excluding carboxylic acids is 3. The minimum absolute atomic E-state index is 0.0795. The predicted octanol–water partition coefficient (Wildman–Crippen LogP) is 7.38. The van der Waals surface area contributed by atoms with Gasteiger partial charge in [0.15, 0.2) is 0 Å². The number of amides is 3. The molecular formula is C36H31N3O4S. The van der Waals surface area contributed by atoms with Gasteiger partial charge in [-0.3, -0.25) is 14.4 Å². The van der Waals surface area contributed by atoms with Crippen LogP contribution in [-0.2, 0) is 9.59 Å². The number of carbonyl (C=O) groups is 3. The molecule has 7 nitrogen and oxygen atoms in total. The first-order valence-electron chi connectivity index (χ1n) is 14.1. The fourth-order valence-corrected chi connectivity index (χ4v) is 5.17. The second kappa shape index (κ2) is 14.7. The summed E-state index contributed by atoms with van der Waals surface area (Å²) in [5, 5.41) is 10.7. The summed E-state index contributed by atoms with van der Waals surface area (Å²) in [6, 6.07) is 36.9. The Hall–Kier alpha value is -5.34. The highest BCUT2D eigenvalue weighted by Crippen LogP contribution is 2.24. The average molecular weight is 602 g/mol. The summed E-state index contributed by atoms with van der Waals surface area (Å²) in [5.41, 5.74) is 2.49. The highest BCUT2D eigenvalue weighted by Gasteiger charge is 2.16. The first-order valence-corrected chi connectivity index (χ1v) is 15.1. The van der Waals surface area contributed by atoms with Crippen LogP contribution in [0.1, 0.15) is 22.8 Å². The Morgan fingerprint density at radius 2 is 1.45 bits per heavy atom. The van der Waals surface area contributed by atoms with Crippen molar-refractivity contribution in [2.24, 2.45) is 0 Å². The van der Waals surface area contributed by atoms with E-state index in [0.29, 0.717) is 29.2 Å². The van der Waals surface area contributed by atoms with E-state index < -0.39 is 11.8 Å². The summed E-state index contributed by atoms with van der Waals surface area (Å²) in [5.74, 6) is -0.118. The quantitative estimate of drug-likeness (QED) is 0.108. The number of hydrogen-bond acceptors (Lipinski definition) is 5. The fraction of sp³-hybridized carbons (Fsp3) is 0.0833. The first kappa shape index (κ1) is 30.1. The van der Waals surface area contributed by atoms with Crippen LogP contribution in [0.4, 0.5) is 11.4 Å². The van der Waals surface area contributed by atoms with Crippen molar-refractivity contribution in [3.8, 4) is 5.75 Å². The van der Waals surface area contributed by atoms with E-state index in [9.17, 15) is 14.4 Å². The molecule has 0 aliphatic heterocycles. The molecule has 0 unspecified atom stereocenters. The minimum atomic E-state index is -0.487. The van der Waals surface area contributed by atoms with E-state index in [0.717, 1.165) is 21.4 Å². The molecule has 8 heteroatoms. The van der Waals surface area contributed by atoms with Gasteiger partial charge in [-0.25, -0.2) is 0 Å². The van der Waals surface area contributed by atoms with E-state index in [-0.39, 0.29) is 17.4 Å². The second-order valence-electron chi connectivity index (χ2n) is 9.76. The number of anilines is 2. The van der Waals surface area contributed by atoms with Crippen molar-refractivity contribution in [2.45, 2.75) is 11.8 Å². The summed E-state index contributed by atoms with van der Waals surface area (Å²) in [6.45, 7) is 2.45. The molecule has 0 aromatic heterocycles. The lowest BCUT2D eigenvalue weighted by atomic mass is 10.1. The van der Waals surface area contributed by atoms with Crippen LogP contribution in [0.15, 0.2) is 132 Å². The van der Waals surface area contributed by atoms with Crippen LogP contribution in [0.5, 0.6) is 5.75 Å². The number of thioether (sulfide) groups is 1. The van der Waals surface area contributed by atoms with Gasteiger partial charge < -0.3 is 20.7 Å². The van der Waals surface area contributed by atoms with Crippen molar-refractivity contribution in [2.75, 3.05) is 23.0 Å². The predicted molar refractivity (Wildman–Crippen MR) is 178 cm³/mol. The molecule has 0 aliphatic rings. The van der Waals surface area contributed by atoms with Gasteiger partial charge in [0.25, 0.3) is 11.8 Å². The monoisotopic (exact) mass is 601 g/mol. The maximum atomic E-state index is 13.4.